The molecule has 0 saturated heterocycles. The molecule has 0 N–H and O–H groups in total. The first-order chi connectivity index (χ1) is 15.3. The van der Waals surface area contributed by atoms with Crippen LogP contribution in [0.25, 0.3) is 0 Å². The van der Waals surface area contributed by atoms with Gasteiger partial charge in [-0.3, -0.25) is 4.79 Å². The van der Waals surface area contributed by atoms with E-state index in [4.69, 9.17) is 9.47 Å². The maximum Gasteiger partial charge on any atom is 0.338 e. The van der Waals surface area contributed by atoms with Gasteiger partial charge in [-0.05, 0) is 99.0 Å². The second-order valence-corrected chi connectivity index (χ2v) is 11.5. The minimum Gasteiger partial charge on any atom is -0.463 e. The lowest BCUT2D eigenvalue weighted by atomic mass is 9.45. The molecule has 0 heterocycles. The maximum atomic E-state index is 12.8. The number of hydrogen-bond acceptors (Lipinski definition) is 4. The predicted octanol–water partition coefficient (Wildman–Crippen LogP) is 6.19. The van der Waals surface area contributed by atoms with Crippen LogP contribution in [-0.4, -0.2) is 24.1 Å². The Morgan fingerprint density at radius 2 is 1.56 bits per heavy atom. The molecule has 0 aromatic heterocycles. The molecule has 8 atom stereocenters. The molecule has 4 nitrogen and oxygen atoms in total. The van der Waals surface area contributed by atoms with Gasteiger partial charge in [0.25, 0.3) is 0 Å². The lowest BCUT2D eigenvalue weighted by Crippen LogP contribution is -2.54. The van der Waals surface area contributed by atoms with Gasteiger partial charge in [-0.25, -0.2) is 4.79 Å². The molecule has 0 radical (unpaired) electrons. The molecule has 1 aromatic rings. The van der Waals surface area contributed by atoms with Gasteiger partial charge in [-0.2, -0.15) is 0 Å². The number of esters is 2. The monoisotopic (exact) mass is 438 g/mol. The third-order valence-corrected chi connectivity index (χ3v) is 10.1. The molecule has 4 aliphatic rings. The summed E-state index contributed by atoms with van der Waals surface area (Å²) in [4.78, 5) is 24.3. The molecule has 0 aliphatic heterocycles. The van der Waals surface area contributed by atoms with Crippen LogP contribution >= 0.6 is 0 Å². The van der Waals surface area contributed by atoms with E-state index in [2.05, 4.69) is 13.8 Å². The highest BCUT2D eigenvalue weighted by atomic mass is 16.5. The number of benzene rings is 1. The second kappa shape index (κ2) is 8.18. The Bertz CT molecular complexity index is 865. The Morgan fingerprint density at radius 1 is 0.844 bits per heavy atom. The summed E-state index contributed by atoms with van der Waals surface area (Å²) in [5, 5.41) is 0. The van der Waals surface area contributed by atoms with Crippen LogP contribution in [-0.2, 0) is 14.3 Å². The molecule has 1 aromatic carbocycles. The average molecular weight is 439 g/mol. The summed E-state index contributed by atoms with van der Waals surface area (Å²) in [5.74, 6) is 2.50. The van der Waals surface area contributed by atoms with Gasteiger partial charge in [0.15, 0.2) is 0 Å². The summed E-state index contributed by atoms with van der Waals surface area (Å²) in [5.41, 5.74) is 1.12. The highest BCUT2D eigenvalue weighted by Crippen LogP contribution is 2.66. The van der Waals surface area contributed by atoms with Crippen LogP contribution in [0.2, 0.25) is 0 Å². The van der Waals surface area contributed by atoms with Crippen molar-refractivity contribution >= 4 is 11.9 Å². The second-order valence-electron chi connectivity index (χ2n) is 11.5. The molecular formula is C28H38O4. The van der Waals surface area contributed by atoms with E-state index < -0.39 is 0 Å². The van der Waals surface area contributed by atoms with E-state index in [0.717, 1.165) is 37.5 Å². The van der Waals surface area contributed by atoms with Crippen molar-refractivity contribution in [3.63, 3.8) is 0 Å². The quantitative estimate of drug-likeness (QED) is 0.528. The first-order valence-corrected chi connectivity index (χ1v) is 12.7. The van der Waals surface area contributed by atoms with Crippen LogP contribution in [0.1, 0.15) is 88.9 Å². The highest BCUT2D eigenvalue weighted by molar-refractivity contribution is 5.89. The number of ether oxygens (including phenoxy) is 2. The zero-order valence-electron chi connectivity index (χ0n) is 19.8. The molecule has 174 valence electrons. The molecule has 0 bridgehead atoms. The molecule has 0 unspecified atom stereocenters. The topological polar surface area (TPSA) is 52.6 Å². The number of carbonyl (C=O) groups excluding carboxylic acids is 2. The van der Waals surface area contributed by atoms with Crippen LogP contribution in [0.3, 0.4) is 0 Å². The van der Waals surface area contributed by atoms with E-state index in [0.29, 0.717) is 22.8 Å². The zero-order chi connectivity index (χ0) is 22.5. The number of rotatable bonds is 3. The van der Waals surface area contributed by atoms with Crippen molar-refractivity contribution in [3.05, 3.63) is 35.9 Å². The smallest absolute Gasteiger partial charge is 0.338 e. The third-order valence-electron chi connectivity index (χ3n) is 10.1. The van der Waals surface area contributed by atoms with Gasteiger partial charge in [-0.15, -0.1) is 0 Å². The molecule has 4 heteroatoms. The van der Waals surface area contributed by atoms with E-state index in [-0.39, 0.29) is 29.6 Å². The van der Waals surface area contributed by atoms with Gasteiger partial charge in [-0.1, -0.05) is 32.0 Å². The fraction of sp³-hybridized carbons (Fsp3) is 0.714. The first kappa shape index (κ1) is 22.0. The van der Waals surface area contributed by atoms with Gasteiger partial charge in [0, 0.05) is 12.3 Å². The maximum absolute atomic E-state index is 12.8. The van der Waals surface area contributed by atoms with Crippen molar-refractivity contribution in [3.8, 4) is 0 Å². The number of hydrogen-bond donors (Lipinski definition) is 0. The molecular weight excluding hydrogens is 400 g/mol. The van der Waals surface area contributed by atoms with Gasteiger partial charge < -0.3 is 9.47 Å². The van der Waals surface area contributed by atoms with Crippen molar-refractivity contribution in [2.24, 2.45) is 34.5 Å². The Morgan fingerprint density at radius 3 is 2.31 bits per heavy atom. The summed E-state index contributed by atoms with van der Waals surface area (Å²) >= 11 is 0. The van der Waals surface area contributed by atoms with Crippen LogP contribution in [0.4, 0.5) is 0 Å². The van der Waals surface area contributed by atoms with Crippen LogP contribution in [0.15, 0.2) is 30.3 Å². The normalized spacial score (nSPS) is 42.8. The molecule has 32 heavy (non-hydrogen) atoms. The van der Waals surface area contributed by atoms with Gasteiger partial charge in [0.05, 0.1) is 5.56 Å². The standard InChI is InChI=1S/C28H38O4/c1-18(29)31-21-13-15-27(2)20(17-21)9-10-22-23-11-12-25(28(23,3)16-14-24(22)27)32-26(30)19-7-5-4-6-8-19/h4-8,20-25H,9-17H2,1-3H3/t20-,21+,22-,23-,24-,25-,27-,28-/m0/s1. The highest BCUT2D eigenvalue weighted by Gasteiger charge is 2.61. The largest absolute Gasteiger partial charge is 0.463 e. The fourth-order valence-electron chi connectivity index (χ4n) is 8.48. The summed E-state index contributed by atoms with van der Waals surface area (Å²) in [7, 11) is 0. The summed E-state index contributed by atoms with van der Waals surface area (Å²) in [6.07, 6.45) is 10.5. The molecule has 4 fully saturated rings. The van der Waals surface area contributed by atoms with Gasteiger partial charge >= 0.3 is 11.9 Å². The minimum atomic E-state index is -0.168. The van der Waals surface area contributed by atoms with Crippen molar-refractivity contribution in [1.82, 2.24) is 0 Å². The lowest BCUT2D eigenvalue weighted by Gasteiger charge is -2.60. The van der Waals surface area contributed by atoms with Crippen molar-refractivity contribution in [2.45, 2.75) is 90.8 Å². The Kier molecular flexibility index (Phi) is 5.62. The van der Waals surface area contributed by atoms with E-state index in [1.54, 1.807) is 0 Å². The number of fused-ring (bicyclic) bond motifs is 5. The van der Waals surface area contributed by atoms with E-state index in [1.165, 1.54) is 39.0 Å². The predicted molar refractivity (Wildman–Crippen MR) is 123 cm³/mol. The van der Waals surface area contributed by atoms with Crippen molar-refractivity contribution in [2.75, 3.05) is 0 Å². The Labute approximate surface area is 192 Å². The van der Waals surface area contributed by atoms with E-state index in [1.807, 2.05) is 30.3 Å². The number of carbonyl (C=O) groups is 2. The van der Waals surface area contributed by atoms with Crippen LogP contribution in [0.5, 0.6) is 0 Å². The molecule has 4 aliphatic carbocycles. The molecule has 5 rings (SSSR count). The summed E-state index contributed by atoms with van der Waals surface area (Å²) in [6.45, 7) is 6.46. The SMILES string of the molecule is CC(=O)O[C@@H]1CC[C@@]2(C)[C@@H](CC[C@@H]3[C@@H]2CC[C@]2(C)[C@@H](OC(=O)c4ccccc4)CC[C@@H]32)C1. The Balaban J connectivity index is 1.30. The van der Waals surface area contributed by atoms with E-state index in [9.17, 15) is 9.59 Å². The van der Waals surface area contributed by atoms with Crippen molar-refractivity contribution < 1.29 is 19.1 Å². The average Bonchev–Trinajstić information content (AvgIpc) is 3.10. The third kappa shape index (κ3) is 3.58. The molecule has 0 spiro atoms. The summed E-state index contributed by atoms with van der Waals surface area (Å²) < 4.78 is 11.8. The first-order valence-electron chi connectivity index (χ1n) is 12.7. The summed E-state index contributed by atoms with van der Waals surface area (Å²) in [6, 6.07) is 9.43. The molecule has 0 amide bonds. The zero-order valence-corrected chi connectivity index (χ0v) is 19.8. The lowest BCUT2D eigenvalue weighted by molar-refractivity contribution is -0.161. The van der Waals surface area contributed by atoms with E-state index >= 15 is 0 Å². The van der Waals surface area contributed by atoms with Gasteiger partial charge in [0.2, 0.25) is 0 Å². The minimum absolute atomic E-state index is 0.0337. The fourth-order valence-corrected chi connectivity index (χ4v) is 8.48. The van der Waals surface area contributed by atoms with Crippen molar-refractivity contribution in [1.29, 1.82) is 0 Å². The van der Waals surface area contributed by atoms with Crippen LogP contribution < -0.4 is 0 Å². The Hall–Kier alpha value is -1.84. The van der Waals surface area contributed by atoms with Crippen LogP contribution in [0, 0.1) is 34.5 Å². The molecule has 4 saturated carbocycles. The van der Waals surface area contributed by atoms with Gasteiger partial charge in [0.1, 0.15) is 12.2 Å².